The summed E-state index contributed by atoms with van der Waals surface area (Å²) < 4.78 is 27.9. The van der Waals surface area contributed by atoms with E-state index in [-0.39, 0.29) is 24.0 Å². The van der Waals surface area contributed by atoms with Crippen LogP contribution in [-0.2, 0) is 14.6 Å². The summed E-state index contributed by atoms with van der Waals surface area (Å²) in [6, 6.07) is 13.0. The van der Waals surface area contributed by atoms with Crippen LogP contribution in [0.15, 0.2) is 60.0 Å². The summed E-state index contributed by atoms with van der Waals surface area (Å²) in [5, 5.41) is 4.18. The molecule has 2 aromatic rings. The van der Waals surface area contributed by atoms with Gasteiger partial charge < -0.3 is 10.1 Å². The largest absolute Gasteiger partial charge is 0.427 e. The number of hydrogen-bond acceptors (Lipinski definition) is 5. The van der Waals surface area contributed by atoms with Crippen molar-refractivity contribution in [2.75, 3.05) is 11.1 Å². The molecule has 1 heterocycles. The van der Waals surface area contributed by atoms with E-state index >= 15 is 0 Å². The molecular formula is C19H16ClNO5S. The molecular weight excluding hydrogens is 390 g/mol. The maximum Gasteiger partial charge on any atom is 0.311 e. The first-order chi connectivity index (χ1) is 12.8. The Morgan fingerprint density at radius 3 is 2.44 bits per heavy atom. The van der Waals surface area contributed by atoms with Gasteiger partial charge >= 0.3 is 5.97 Å². The van der Waals surface area contributed by atoms with Crippen LogP contribution in [0.5, 0.6) is 5.75 Å². The fourth-order valence-corrected chi connectivity index (χ4v) is 4.22. The summed E-state index contributed by atoms with van der Waals surface area (Å²) in [4.78, 5) is 24.1. The number of benzene rings is 2. The molecule has 1 atom stereocenters. The molecule has 0 aliphatic carbocycles. The Balaban J connectivity index is 1.56. The molecule has 8 heteroatoms. The number of carbonyl (C=O) groups excluding carboxylic acids is 2. The van der Waals surface area contributed by atoms with E-state index in [0.717, 1.165) is 5.41 Å². The van der Waals surface area contributed by atoms with Crippen LogP contribution in [0.2, 0.25) is 5.02 Å². The van der Waals surface area contributed by atoms with Crippen LogP contribution in [-0.4, -0.2) is 26.0 Å². The Kier molecular flexibility index (Phi) is 5.62. The third-order valence-electron chi connectivity index (χ3n) is 3.90. The molecule has 1 N–H and O–H groups in total. The maximum atomic E-state index is 12.2. The molecule has 0 saturated carbocycles. The number of anilines is 1. The number of nitrogens with one attached hydrogen (secondary N) is 1. The highest BCUT2D eigenvalue weighted by Crippen LogP contribution is 2.22. The lowest BCUT2D eigenvalue weighted by Crippen LogP contribution is -2.15. The van der Waals surface area contributed by atoms with Crippen LogP contribution >= 0.6 is 11.6 Å². The highest BCUT2D eigenvalue weighted by Gasteiger charge is 2.24. The summed E-state index contributed by atoms with van der Waals surface area (Å²) in [7, 11) is -3.20. The molecule has 6 nitrogen and oxygen atoms in total. The van der Waals surface area contributed by atoms with E-state index in [1.165, 1.54) is 6.08 Å². The molecule has 0 fully saturated rings. The first kappa shape index (κ1) is 19.1. The molecule has 0 saturated heterocycles. The highest BCUT2D eigenvalue weighted by molar-refractivity contribution is 7.94. The zero-order valence-electron chi connectivity index (χ0n) is 14.1. The lowest BCUT2D eigenvalue weighted by molar-refractivity contribution is -0.134. The van der Waals surface area contributed by atoms with Crippen molar-refractivity contribution in [1.82, 2.24) is 0 Å². The van der Waals surface area contributed by atoms with Gasteiger partial charge in [-0.25, -0.2) is 8.42 Å². The van der Waals surface area contributed by atoms with E-state index in [1.807, 2.05) is 0 Å². The minimum atomic E-state index is -3.20. The van der Waals surface area contributed by atoms with E-state index in [4.69, 9.17) is 16.3 Å². The third kappa shape index (κ3) is 5.18. The van der Waals surface area contributed by atoms with Crippen molar-refractivity contribution in [3.05, 3.63) is 70.6 Å². The van der Waals surface area contributed by atoms with Crippen molar-refractivity contribution in [1.29, 1.82) is 0 Å². The summed E-state index contributed by atoms with van der Waals surface area (Å²) in [6.45, 7) is 0. The van der Waals surface area contributed by atoms with Crippen molar-refractivity contribution in [3.8, 4) is 5.75 Å². The van der Waals surface area contributed by atoms with Crippen molar-refractivity contribution in [2.24, 2.45) is 5.92 Å². The van der Waals surface area contributed by atoms with Gasteiger partial charge in [0.05, 0.1) is 22.8 Å². The van der Waals surface area contributed by atoms with Gasteiger partial charge in [-0.1, -0.05) is 29.8 Å². The second-order valence-corrected chi connectivity index (χ2v) is 8.39. The molecule has 0 bridgehead atoms. The first-order valence-corrected chi connectivity index (χ1v) is 10.2. The first-order valence-electron chi connectivity index (χ1n) is 8.10. The Bertz CT molecular complexity index is 999. The van der Waals surface area contributed by atoms with E-state index in [0.29, 0.717) is 22.0 Å². The molecule has 0 aromatic heterocycles. The zero-order chi connectivity index (χ0) is 19.4. The van der Waals surface area contributed by atoms with E-state index in [2.05, 4.69) is 5.32 Å². The average molecular weight is 406 g/mol. The topological polar surface area (TPSA) is 89.5 Å². The fraction of sp³-hybridized carbons (Fsp3) is 0.158. The number of allylic oxidation sites excluding steroid dienone is 1. The number of rotatable bonds is 5. The van der Waals surface area contributed by atoms with E-state index in [9.17, 15) is 18.0 Å². The van der Waals surface area contributed by atoms with Gasteiger partial charge in [-0.05, 0) is 36.4 Å². The molecule has 140 valence electrons. The SMILES string of the molecule is O=C(C[C@H]1C=CS(=O)(=O)C1)Oc1ccc(NC(=O)c2ccccc2Cl)cc1. The van der Waals surface area contributed by atoms with Crippen LogP contribution in [0, 0.1) is 5.92 Å². The number of halogens is 1. The lowest BCUT2D eigenvalue weighted by Gasteiger charge is -2.09. The quantitative estimate of drug-likeness (QED) is 0.607. The highest BCUT2D eigenvalue weighted by atomic mass is 35.5. The standard InChI is InChI=1S/C19H16ClNO5S/c20-17-4-2-1-3-16(17)19(23)21-14-5-7-15(8-6-14)26-18(22)11-13-9-10-27(24,25)12-13/h1-10,13H,11-12H2,(H,21,23)/t13-/m1/s1. The Morgan fingerprint density at radius 1 is 1.11 bits per heavy atom. The van der Waals surface area contributed by atoms with Crippen molar-refractivity contribution >= 4 is 39.0 Å². The molecule has 2 aromatic carbocycles. The number of carbonyl (C=O) groups is 2. The summed E-state index contributed by atoms with van der Waals surface area (Å²) in [5.74, 6) is -0.999. The Morgan fingerprint density at radius 2 is 1.81 bits per heavy atom. The number of sulfone groups is 1. The monoisotopic (exact) mass is 405 g/mol. The van der Waals surface area contributed by atoms with Gasteiger partial charge in [0.2, 0.25) is 0 Å². The van der Waals surface area contributed by atoms with Crippen LogP contribution in [0.3, 0.4) is 0 Å². The van der Waals surface area contributed by atoms with Gasteiger partial charge in [0.15, 0.2) is 9.84 Å². The van der Waals surface area contributed by atoms with Gasteiger partial charge in [-0.15, -0.1) is 0 Å². The molecule has 1 amide bonds. The molecule has 1 aliphatic rings. The van der Waals surface area contributed by atoms with Crippen molar-refractivity contribution in [2.45, 2.75) is 6.42 Å². The van der Waals surface area contributed by atoms with Gasteiger partial charge in [-0.3, -0.25) is 9.59 Å². The number of esters is 1. The van der Waals surface area contributed by atoms with Crippen LogP contribution in [0.1, 0.15) is 16.8 Å². The third-order valence-corrected chi connectivity index (χ3v) is 5.69. The van der Waals surface area contributed by atoms with E-state index < -0.39 is 15.8 Å². The second kappa shape index (κ2) is 7.94. The van der Waals surface area contributed by atoms with Crippen molar-refractivity contribution in [3.63, 3.8) is 0 Å². The smallest absolute Gasteiger partial charge is 0.311 e. The molecule has 0 spiro atoms. The van der Waals surface area contributed by atoms with Gasteiger partial charge in [0, 0.05) is 17.0 Å². The van der Waals surface area contributed by atoms with Crippen LogP contribution < -0.4 is 10.1 Å². The van der Waals surface area contributed by atoms with Gasteiger partial charge in [-0.2, -0.15) is 0 Å². The molecule has 3 rings (SSSR count). The van der Waals surface area contributed by atoms with Crippen LogP contribution in [0.25, 0.3) is 0 Å². The predicted molar refractivity (Wildman–Crippen MR) is 103 cm³/mol. The lowest BCUT2D eigenvalue weighted by atomic mass is 10.1. The molecule has 27 heavy (non-hydrogen) atoms. The van der Waals surface area contributed by atoms with Crippen LogP contribution in [0.4, 0.5) is 5.69 Å². The molecule has 1 aliphatic heterocycles. The number of ether oxygens (including phenoxy) is 1. The Hall–Kier alpha value is -2.64. The van der Waals surface area contributed by atoms with E-state index in [1.54, 1.807) is 48.5 Å². The Labute approximate surface area is 161 Å². The minimum Gasteiger partial charge on any atom is -0.427 e. The predicted octanol–water partition coefficient (Wildman–Crippen LogP) is 3.45. The zero-order valence-corrected chi connectivity index (χ0v) is 15.7. The minimum absolute atomic E-state index is 0.0132. The summed E-state index contributed by atoms with van der Waals surface area (Å²) >= 11 is 5.99. The van der Waals surface area contributed by atoms with Gasteiger partial charge in [0.25, 0.3) is 5.91 Å². The molecule has 0 radical (unpaired) electrons. The second-order valence-electron chi connectivity index (χ2n) is 6.05. The molecule has 0 unspecified atom stereocenters. The van der Waals surface area contributed by atoms with Gasteiger partial charge in [0.1, 0.15) is 5.75 Å². The fourth-order valence-electron chi connectivity index (χ4n) is 2.60. The number of amides is 1. The number of hydrogen-bond donors (Lipinski definition) is 1. The van der Waals surface area contributed by atoms with Crippen molar-refractivity contribution < 1.29 is 22.7 Å². The summed E-state index contributed by atoms with van der Waals surface area (Å²) in [5.41, 5.74) is 0.874. The maximum absolute atomic E-state index is 12.2. The normalized spacial score (nSPS) is 17.4. The average Bonchev–Trinajstić information content (AvgIpc) is 2.95. The summed E-state index contributed by atoms with van der Waals surface area (Å²) in [6.07, 6.45) is 1.49.